The van der Waals surface area contributed by atoms with Crippen LogP contribution >= 0.6 is 0 Å². The smallest absolute Gasteiger partial charge is 0.245 e. The summed E-state index contributed by atoms with van der Waals surface area (Å²) in [5.74, 6) is -0.205. The minimum absolute atomic E-state index is 0.205. The summed E-state index contributed by atoms with van der Waals surface area (Å²) < 4.78 is 0. The lowest BCUT2D eigenvalue weighted by molar-refractivity contribution is -0.135. The molecular weight excluding hydrogens is 204 g/mol. The zero-order valence-electron chi connectivity index (χ0n) is 9.69. The zero-order chi connectivity index (χ0) is 12.0. The molecule has 0 aliphatic heterocycles. The van der Waals surface area contributed by atoms with Crippen molar-refractivity contribution >= 4 is 5.91 Å². The molecule has 4 heteroatoms. The highest BCUT2D eigenvalue weighted by Crippen LogP contribution is 2.03. The van der Waals surface area contributed by atoms with Crippen LogP contribution in [-0.4, -0.2) is 11.4 Å². The molecule has 88 valence electrons. The number of carbonyl (C=O) groups excluding carboxylic acids is 1. The fourth-order valence-corrected chi connectivity index (χ4v) is 1.22. The fourth-order valence-electron chi connectivity index (χ4n) is 1.22. The summed E-state index contributed by atoms with van der Waals surface area (Å²) >= 11 is 0. The number of amides is 1. The summed E-state index contributed by atoms with van der Waals surface area (Å²) in [7, 11) is 0. The number of carbonyl (C=O) groups is 1. The van der Waals surface area contributed by atoms with Crippen LogP contribution in [0.15, 0.2) is 30.3 Å². The Morgan fingerprint density at radius 3 is 2.56 bits per heavy atom. The number of benzene rings is 1. The van der Waals surface area contributed by atoms with Crippen LogP contribution in [0.1, 0.15) is 25.8 Å². The Kier molecular flexibility index (Phi) is 4.46. The van der Waals surface area contributed by atoms with E-state index in [1.54, 1.807) is 13.8 Å². The van der Waals surface area contributed by atoms with Crippen molar-refractivity contribution in [2.75, 3.05) is 0 Å². The zero-order valence-corrected chi connectivity index (χ0v) is 9.69. The van der Waals surface area contributed by atoms with Gasteiger partial charge in [0.25, 0.3) is 0 Å². The number of hydroxylamine groups is 1. The third-order valence-electron chi connectivity index (χ3n) is 1.88. The molecule has 1 rings (SSSR count). The molecule has 0 unspecified atom stereocenters. The van der Waals surface area contributed by atoms with E-state index in [4.69, 9.17) is 10.6 Å². The summed E-state index contributed by atoms with van der Waals surface area (Å²) in [6, 6.07) is 9.63. The first-order valence-corrected chi connectivity index (χ1v) is 5.21. The van der Waals surface area contributed by atoms with E-state index in [-0.39, 0.29) is 12.3 Å². The first-order valence-electron chi connectivity index (χ1n) is 5.21. The fraction of sp³-hybridized carbons (Fsp3) is 0.417. The van der Waals surface area contributed by atoms with Gasteiger partial charge in [0, 0.05) is 12.0 Å². The van der Waals surface area contributed by atoms with E-state index >= 15 is 0 Å². The second-order valence-electron chi connectivity index (χ2n) is 4.46. The molecule has 0 atom stereocenters. The maximum Gasteiger partial charge on any atom is 0.245 e. The first-order chi connectivity index (χ1) is 7.47. The molecule has 16 heavy (non-hydrogen) atoms. The van der Waals surface area contributed by atoms with Gasteiger partial charge in [-0.3, -0.25) is 9.63 Å². The quantitative estimate of drug-likeness (QED) is 0.739. The molecule has 0 fully saturated rings. The molecule has 1 amide bonds. The van der Waals surface area contributed by atoms with Crippen molar-refractivity contribution in [2.24, 2.45) is 5.73 Å². The van der Waals surface area contributed by atoms with Gasteiger partial charge >= 0.3 is 0 Å². The van der Waals surface area contributed by atoms with Gasteiger partial charge in [0.05, 0.1) is 6.61 Å². The molecule has 1 aromatic carbocycles. The Labute approximate surface area is 95.7 Å². The van der Waals surface area contributed by atoms with Gasteiger partial charge in [0.15, 0.2) is 0 Å². The van der Waals surface area contributed by atoms with Crippen LogP contribution in [-0.2, 0) is 16.2 Å². The molecule has 0 aliphatic rings. The standard InChI is InChI=1S/C12H18N2O2/c1-12(2,13)8-11(15)14-16-9-10-6-4-3-5-7-10/h3-7H,8-9,13H2,1-2H3,(H,14,15). The second-order valence-corrected chi connectivity index (χ2v) is 4.46. The Hall–Kier alpha value is -1.39. The summed E-state index contributed by atoms with van der Waals surface area (Å²) in [6.07, 6.45) is 0.238. The first kappa shape index (κ1) is 12.7. The molecule has 0 heterocycles. The summed E-state index contributed by atoms with van der Waals surface area (Å²) in [5.41, 5.74) is 8.57. The van der Waals surface area contributed by atoms with Crippen LogP contribution in [0.3, 0.4) is 0 Å². The van der Waals surface area contributed by atoms with Gasteiger partial charge in [0.2, 0.25) is 5.91 Å². The minimum Gasteiger partial charge on any atom is -0.325 e. The molecule has 1 aromatic rings. The highest BCUT2D eigenvalue weighted by molar-refractivity contribution is 5.75. The van der Waals surface area contributed by atoms with Crippen molar-refractivity contribution in [1.82, 2.24) is 5.48 Å². The molecule has 0 radical (unpaired) electrons. The summed E-state index contributed by atoms with van der Waals surface area (Å²) in [6.45, 7) is 3.95. The lowest BCUT2D eigenvalue weighted by atomic mass is 10.0. The van der Waals surface area contributed by atoms with Crippen LogP contribution < -0.4 is 11.2 Å². The predicted molar refractivity (Wildman–Crippen MR) is 62.3 cm³/mol. The second kappa shape index (κ2) is 5.63. The molecule has 0 saturated heterocycles. The molecular formula is C12H18N2O2. The third kappa shape index (κ3) is 5.48. The van der Waals surface area contributed by atoms with E-state index in [2.05, 4.69) is 5.48 Å². The highest BCUT2D eigenvalue weighted by Gasteiger charge is 2.16. The molecule has 0 aliphatic carbocycles. The number of nitrogens with two attached hydrogens (primary N) is 1. The number of hydrogen-bond acceptors (Lipinski definition) is 3. The van der Waals surface area contributed by atoms with Gasteiger partial charge in [-0.1, -0.05) is 30.3 Å². The largest absolute Gasteiger partial charge is 0.325 e. The summed E-state index contributed by atoms with van der Waals surface area (Å²) in [4.78, 5) is 16.4. The van der Waals surface area contributed by atoms with Crippen LogP contribution in [0.5, 0.6) is 0 Å². The van der Waals surface area contributed by atoms with E-state index in [1.165, 1.54) is 0 Å². The monoisotopic (exact) mass is 222 g/mol. The van der Waals surface area contributed by atoms with Crippen LogP contribution in [0.25, 0.3) is 0 Å². The Balaban J connectivity index is 2.24. The average molecular weight is 222 g/mol. The maximum atomic E-state index is 11.3. The number of hydrogen-bond donors (Lipinski definition) is 2. The predicted octanol–water partition coefficient (Wildman–Crippen LogP) is 1.36. The van der Waals surface area contributed by atoms with Gasteiger partial charge in [-0.05, 0) is 19.4 Å². The van der Waals surface area contributed by atoms with Crippen molar-refractivity contribution in [1.29, 1.82) is 0 Å². The van der Waals surface area contributed by atoms with E-state index in [1.807, 2.05) is 30.3 Å². The lowest BCUT2D eigenvalue weighted by Crippen LogP contribution is -2.39. The van der Waals surface area contributed by atoms with Crippen molar-refractivity contribution in [3.05, 3.63) is 35.9 Å². The maximum absolute atomic E-state index is 11.3. The van der Waals surface area contributed by atoms with Crippen LogP contribution in [0.4, 0.5) is 0 Å². The van der Waals surface area contributed by atoms with Crippen LogP contribution in [0, 0.1) is 0 Å². The van der Waals surface area contributed by atoms with Gasteiger partial charge < -0.3 is 5.73 Å². The Bertz CT molecular complexity index is 331. The normalized spacial score (nSPS) is 11.2. The number of rotatable bonds is 5. The molecule has 3 N–H and O–H groups in total. The van der Waals surface area contributed by atoms with Crippen molar-refractivity contribution in [3.8, 4) is 0 Å². The average Bonchev–Trinajstić information content (AvgIpc) is 2.16. The topological polar surface area (TPSA) is 64.4 Å². The van der Waals surface area contributed by atoms with E-state index in [0.29, 0.717) is 6.61 Å². The van der Waals surface area contributed by atoms with Gasteiger partial charge in [-0.15, -0.1) is 0 Å². The molecule has 0 aromatic heterocycles. The van der Waals surface area contributed by atoms with Crippen molar-refractivity contribution in [3.63, 3.8) is 0 Å². The minimum atomic E-state index is -0.514. The van der Waals surface area contributed by atoms with E-state index < -0.39 is 5.54 Å². The highest BCUT2D eigenvalue weighted by atomic mass is 16.6. The van der Waals surface area contributed by atoms with Gasteiger partial charge in [0.1, 0.15) is 0 Å². The Morgan fingerprint density at radius 2 is 2.00 bits per heavy atom. The molecule has 0 bridgehead atoms. The molecule has 0 spiro atoms. The lowest BCUT2D eigenvalue weighted by Gasteiger charge is -2.17. The molecule has 0 saturated carbocycles. The Morgan fingerprint density at radius 1 is 1.38 bits per heavy atom. The van der Waals surface area contributed by atoms with E-state index in [9.17, 15) is 4.79 Å². The van der Waals surface area contributed by atoms with Crippen molar-refractivity contribution in [2.45, 2.75) is 32.4 Å². The third-order valence-corrected chi connectivity index (χ3v) is 1.88. The van der Waals surface area contributed by atoms with Crippen LogP contribution in [0.2, 0.25) is 0 Å². The SMILES string of the molecule is CC(C)(N)CC(=O)NOCc1ccccc1. The van der Waals surface area contributed by atoms with Gasteiger partial charge in [-0.25, -0.2) is 5.48 Å². The molecule has 4 nitrogen and oxygen atoms in total. The number of nitrogens with one attached hydrogen (secondary N) is 1. The van der Waals surface area contributed by atoms with Gasteiger partial charge in [-0.2, -0.15) is 0 Å². The summed E-state index contributed by atoms with van der Waals surface area (Å²) in [5, 5.41) is 0. The van der Waals surface area contributed by atoms with E-state index in [0.717, 1.165) is 5.56 Å². The van der Waals surface area contributed by atoms with Crippen molar-refractivity contribution < 1.29 is 9.63 Å².